The number of allylic oxidation sites excluding steroid dienone is 1. The van der Waals surface area contributed by atoms with E-state index in [0.29, 0.717) is 32.1 Å². The van der Waals surface area contributed by atoms with E-state index in [9.17, 15) is 97.0 Å². The highest BCUT2D eigenvalue weighted by Crippen LogP contribution is 2.75. The van der Waals surface area contributed by atoms with Crippen molar-refractivity contribution < 1.29 is 140 Å². The molecule has 510 valence electrons. The summed E-state index contributed by atoms with van der Waals surface area (Å²) in [6, 6.07) is 0. The summed E-state index contributed by atoms with van der Waals surface area (Å²) >= 11 is 0. The van der Waals surface area contributed by atoms with E-state index in [1.807, 2.05) is 13.8 Å². The molecule has 28 nitrogen and oxygen atoms in total. The van der Waals surface area contributed by atoms with Crippen LogP contribution in [0.1, 0.15) is 107 Å². The van der Waals surface area contributed by atoms with Crippen LogP contribution in [0.3, 0.4) is 0 Å². The van der Waals surface area contributed by atoms with Crippen molar-refractivity contribution in [1.82, 2.24) is 0 Å². The molecular weight excluding hydrogens is 1170 g/mol. The first kappa shape index (κ1) is 70.9. The van der Waals surface area contributed by atoms with Crippen LogP contribution in [0.5, 0.6) is 0 Å². The molecule has 5 saturated heterocycles. The standard InChI is InChI=1S/C60H102O28/c1-23(9-13-35(57(4,5)79)87-55-51(46(75)40(69)30(21-64)84-55)88-54-49(78)45(74)39(68)29(20-63)83-54)24-15-16-58(6)32-12-10-25-26(60(32,8)33(65)17-59(24,58)7)11-14-34(56(25,2)3)86-52-36(50-47(76)43(72)37(66)27(18-61)81-50)42(71)41(70)31(85-52)22-80-53-48(77)44(73)38(67)28(19-62)82-53/h10,23-24,26-55,61-79H,9,11-22H2,1-8H3/t23-,24?,26?,27+,28-,29+,30-,31-,32?,33-,34+,35-,36?,37+,38-,39+,40-,41-,42-,43-,44+,45-,46+,47+,48-,49+,50-,51-,52+,53-,54-,55+,58+,59-,60+/m1/s1. The number of fused-ring (bicyclic) bond motifs is 5. The maximum absolute atomic E-state index is 12.9. The number of ether oxygens (including phenoxy) is 9. The molecule has 9 aliphatic rings. The first-order valence-corrected chi connectivity index (χ1v) is 31.4. The third-order valence-corrected chi connectivity index (χ3v) is 23.2. The molecule has 4 aliphatic carbocycles. The van der Waals surface area contributed by atoms with Crippen molar-refractivity contribution >= 4 is 0 Å². The molecule has 5 heterocycles. The average molecular weight is 1270 g/mol. The Kier molecular flexibility index (Phi) is 21.8. The van der Waals surface area contributed by atoms with Crippen LogP contribution in [0.4, 0.5) is 0 Å². The number of aliphatic hydroxyl groups is 19. The molecule has 35 atom stereocenters. The summed E-state index contributed by atoms with van der Waals surface area (Å²) < 4.78 is 54.5. The van der Waals surface area contributed by atoms with Crippen molar-refractivity contribution in [3.63, 3.8) is 0 Å². The lowest BCUT2D eigenvalue weighted by Gasteiger charge is -2.67. The molecule has 0 spiro atoms. The topological polar surface area (TPSA) is 467 Å². The molecule has 4 unspecified atom stereocenters. The molecule has 0 aromatic heterocycles. The van der Waals surface area contributed by atoms with Gasteiger partial charge in [-0.25, -0.2) is 0 Å². The zero-order chi connectivity index (χ0) is 64.8. The third kappa shape index (κ3) is 12.4. The number of rotatable bonds is 19. The number of hydrogen-bond acceptors (Lipinski definition) is 28. The van der Waals surface area contributed by atoms with E-state index in [1.165, 1.54) is 13.8 Å². The van der Waals surface area contributed by atoms with Gasteiger partial charge in [0.1, 0.15) is 110 Å². The van der Waals surface area contributed by atoms with Crippen LogP contribution in [0.2, 0.25) is 0 Å². The van der Waals surface area contributed by atoms with Crippen molar-refractivity contribution in [3.05, 3.63) is 11.6 Å². The van der Waals surface area contributed by atoms with Crippen LogP contribution >= 0.6 is 0 Å². The van der Waals surface area contributed by atoms with E-state index in [-0.39, 0.29) is 40.9 Å². The third-order valence-electron chi connectivity index (χ3n) is 23.2. The lowest BCUT2D eigenvalue weighted by atomic mass is 9.38. The van der Waals surface area contributed by atoms with Crippen molar-refractivity contribution in [2.45, 2.75) is 278 Å². The average Bonchev–Trinajstić information content (AvgIpc) is 1.23. The second-order valence-electron chi connectivity index (χ2n) is 28.8. The molecule has 19 N–H and O–H groups in total. The van der Waals surface area contributed by atoms with E-state index >= 15 is 0 Å². The van der Waals surface area contributed by atoms with Gasteiger partial charge in [-0.3, -0.25) is 0 Å². The second kappa shape index (κ2) is 27.0. The quantitative estimate of drug-likeness (QED) is 0.0538. The summed E-state index contributed by atoms with van der Waals surface area (Å²) in [5, 5.41) is 207. The predicted molar refractivity (Wildman–Crippen MR) is 299 cm³/mol. The van der Waals surface area contributed by atoms with Gasteiger partial charge in [0.05, 0.1) is 75.1 Å². The van der Waals surface area contributed by atoms with Crippen LogP contribution in [-0.4, -0.2) is 301 Å². The van der Waals surface area contributed by atoms with E-state index in [2.05, 4.69) is 33.8 Å². The maximum atomic E-state index is 12.9. The Morgan fingerprint density at radius 1 is 0.545 bits per heavy atom. The van der Waals surface area contributed by atoms with E-state index in [0.717, 1.165) is 18.4 Å². The fourth-order valence-corrected chi connectivity index (χ4v) is 17.5. The monoisotopic (exact) mass is 1270 g/mol. The van der Waals surface area contributed by atoms with Crippen molar-refractivity contribution in [2.24, 2.45) is 51.2 Å². The minimum absolute atomic E-state index is 0.00332. The van der Waals surface area contributed by atoms with Gasteiger partial charge >= 0.3 is 0 Å². The fraction of sp³-hybridized carbons (Fsp3) is 0.967. The number of hydrogen-bond donors (Lipinski definition) is 19. The van der Waals surface area contributed by atoms with Crippen molar-refractivity contribution in [2.75, 3.05) is 33.0 Å². The summed E-state index contributed by atoms with van der Waals surface area (Å²) in [7, 11) is 0. The minimum Gasteiger partial charge on any atom is -0.394 e. The smallest absolute Gasteiger partial charge is 0.187 e. The van der Waals surface area contributed by atoms with Crippen LogP contribution in [-0.2, 0) is 42.6 Å². The highest BCUT2D eigenvalue weighted by molar-refractivity contribution is 5.32. The minimum atomic E-state index is -1.88. The molecule has 3 saturated carbocycles. The maximum Gasteiger partial charge on any atom is 0.187 e. The Morgan fingerprint density at radius 2 is 1.06 bits per heavy atom. The normalized spacial score (nSPS) is 52.2. The Hall–Kier alpha value is -1.38. The highest BCUT2D eigenvalue weighted by atomic mass is 16.8. The van der Waals surface area contributed by atoms with Crippen LogP contribution in [0, 0.1) is 51.2 Å². The molecule has 9 rings (SSSR count). The lowest BCUT2D eigenvalue weighted by molar-refractivity contribution is -0.375. The summed E-state index contributed by atoms with van der Waals surface area (Å²) in [5.41, 5.74) is -2.63. The van der Waals surface area contributed by atoms with Crippen LogP contribution in [0.15, 0.2) is 11.6 Å². The molecule has 88 heavy (non-hydrogen) atoms. The number of aliphatic hydroxyl groups excluding tert-OH is 18. The van der Waals surface area contributed by atoms with Crippen LogP contribution in [0.25, 0.3) is 0 Å². The summed E-state index contributed by atoms with van der Waals surface area (Å²) in [4.78, 5) is 0. The van der Waals surface area contributed by atoms with Gasteiger partial charge in [0.25, 0.3) is 0 Å². The van der Waals surface area contributed by atoms with Gasteiger partial charge in [0, 0.05) is 10.8 Å². The Morgan fingerprint density at radius 3 is 1.64 bits per heavy atom. The highest BCUT2D eigenvalue weighted by Gasteiger charge is 2.71. The molecule has 5 aliphatic heterocycles. The molecule has 0 aromatic rings. The summed E-state index contributed by atoms with van der Waals surface area (Å²) in [6.07, 6.45) is -35.8. The van der Waals surface area contributed by atoms with Gasteiger partial charge in [-0.1, -0.05) is 53.2 Å². The predicted octanol–water partition coefficient (Wildman–Crippen LogP) is -5.13. The van der Waals surface area contributed by atoms with E-state index in [4.69, 9.17) is 42.6 Å². The zero-order valence-corrected chi connectivity index (χ0v) is 51.4. The molecule has 8 fully saturated rings. The SMILES string of the molecule is C[C@H](CC[C@@H](O[C@@H]1O[C@H](CO)[C@@H](O)[C@H](O)[C@H]1O[C@H]1O[C@@H](CO)[C@H](O)[C@@H](O)[C@@H]1O)C(C)(C)O)C1CC[C@@]2(C)C3CC=C4C(CC[C@H](O[C@@H]5O[C@H](CO[C@@H]6O[C@H](CO)[C@@H](O)[C@H](O)[C@H]6O)[C@@H](O)[C@H](O)C5[C@H]5O[C@@H](CO)[C@H](O)[C@@H](O)[C@@H]5O)C4(C)C)[C@]3(C)[C@H](O)C[C@]12C. The second-order valence-corrected chi connectivity index (χ2v) is 28.8. The largest absolute Gasteiger partial charge is 0.394 e. The summed E-state index contributed by atoms with van der Waals surface area (Å²) in [5.74, 6) is -1.53. The van der Waals surface area contributed by atoms with Gasteiger partial charge < -0.3 is 140 Å². The van der Waals surface area contributed by atoms with Gasteiger partial charge in [0.15, 0.2) is 25.2 Å². The Balaban J connectivity index is 0.918. The van der Waals surface area contributed by atoms with E-state index in [1.54, 1.807) is 0 Å². The Labute approximate surface area is 512 Å². The van der Waals surface area contributed by atoms with Crippen molar-refractivity contribution in [3.8, 4) is 0 Å². The zero-order valence-electron chi connectivity index (χ0n) is 51.4. The van der Waals surface area contributed by atoms with Crippen molar-refractivity contribution in [1.29, 1.82) is 0 Å². The van der Waals surface area contributed by atoms with Crippen LogP contribution < -0.4 is 0 Å². The Bertz CT molecular complexity index is 2330. The lowest BCUT2D eigenvalue weighted by Crippen LogP contribution is -2.68. The van der Waals surface area contributed by atoms with Gasteiger partial charge in [-0.15, -0.1) is 0 Å². The first-order valence-electron chi connectivity index (χ1n) is 31.4. The molecule has 0 amide bonds. The molecule has 0 bridgehead atoms. The summed E-state index contributed by atoms with van der Waals surface area (Å²) in [6.45, 7) is 12.4. The van der Waals surface area contributed by atoms with Gasteiger partial charge in [-0.2, -0.15) is 0 Å². The molecular formula is C60H102O28. The molecule has 0 aromatic carbocycles. The molecule has 0 radical (unpaired) electrons. The van der Waals surface area contributed by atoms with Gasteiger partial charge in [0.2, 0.25) is 0 Å². The fourth-order valence-electron chi connectivity index (χ4n) is 17.5. The van der Waals surface area contributed by atoms with Gasteiger partial charge in [-0.05, 0) is 99.7 Å². The van der Waals surface area contributed by atoms with E-state index < -0.39 is 221 Å². The molecule has 28 heteroatoms. The first-order chi connectivity index (χ1) is 41.2.